The van der Waals surface area contributed by atoms with E-state index in [9.17, 15) is 14.8 Å². The van der Waals surface area contributed by atoms with Crippen molar-refractivity contribution in [3.05, 3.63) is 23.2 Å². The molecule has 1 aromatic carbocycles. The van der Waals surface area contributed by atoms with E-state index in [1.807, 2.05) is 20.8 Å². The van der Waals surface area contributed by atoms with Crippen LogP contribution in [0, 0.1) is 0 Å². The molecule has 1 aromatic rings. The van der Waals surface area contributed by atoms with Crippen LogP contribution in [0.2, 0.25) is 5.02 Å². The first-order chi connectivity index (χ1) is 11.6. The van der Waals surface area contributed by atoms with Crippen LogP contribution in [0.25, 0.3) is 0 Å². The monoisotopic (exact) mass is 368 g/mol. The molecule has 0 radical (unpaired) electrons. The van der Waals surface area contributed by atoms with Crippen molar-refractivity contribution >= 4 is 36.0 Å². The maximum Gasteiger partial charge on any atom is 0.490 e. The van der Waals surface area contributed by atoms with Crippen LogP contribution >= 0.6 is 11.6 Å². The van der Waals surface area contributed by atoms with Gasteiger partial charge in [-0.15, -0.1) is 0 Å². The SMILES string of the molecule is CN(C(=O)OC(C)(C)C)[C@H]1CCCN(c2ccc(Cl)cc2B(O)O)C1. The molecule has 1 heterocycles. The van der Waals surface area contributed by atoms with Crippen molar-refractivity contribution < 1.29 is 19.6 Å². The van der Waals surface area contributed by atoms with Crippen molar-refractivity contribution in [1.82, 2.24) is 4.90 Å². The molecule has 1 aliphatic rings. The molecule has 0 saturated carbocycles. The zero-order valence-corrected chi connectivity index (χ0v) is 16.0. The summed E-state index contributed by atoms with van der Waals surface area (Å²) in [5, 5.41) is 19.7. The van der Waals surface area contributed by atoms with Gasteiger partial charge in [-0.3, -0.25) is 0 Å². The molecule has 1 aliphatic heterocycles. The Morgan fingerprint density at radius 1 is 1.40 bits per heavy atom. The summed E-state index contributed by atoms with van der Waals surface area (Å²) in [4.78, 5) is 16.0. The molecule has 0 unspecified atom stereocenters. The second-order valence-electron chi connectivity index (χ2n) is 7.41. The third-order valence-corrected chi connectivity index (χ3v) is 4.47. The number of anilines is 1. The molecule has 0 spiro atoms. The molecule has 1 atom stereocenters. The average molecular weight is 369 g/mol. The standard InChI is InChI=1S/C17H26BClN2O4/c1-17(2,3)25-16(22)20(4)13-6-5-9-21(11-13)15-8-7-12(19)10-14(15)18(23)24/h7-8,10,13,23-24H,5-6,9,11H2,1-4H3/t13-/m0/s1. The predicted octanol–water partition coefficient (Wildman–Crippen LogP) is 1.86. The highest BCUT2D eigenvalue weighted by molar-refractivity contribution is 6.61. The van der Waals surface area contributed by atoms with Crippen molar-refractivity contribution in [3.63, 3.8) is 0 Å². The molecule has 1 saturated heterocycles. The summed E-state index contributed by atoms with van der Waals surface area (Å²) in [5.74, 6) is 0. The molecule has 25 heavy (non-hydrogen) atoms. The van der Waals surface area contributed by atoms with Crippen molar-refractivity contribution in [2.75, 3.05) is 25.0 Å². The molecule has 1 amide bonds. The van der Waals surface area contributed by atoms with Gasteiger partial charge in [-0.25, -0.2) is 4.79 Å². The van der Waals surface area contributed by atoms with Crippen LogP contribution in [0.1, 0.15) is 33.6 Å². The lowest BCUT2D eigenvalue weighted by molar-refractivity contribution is 0.0210. The zero-order valence-electron chi connectivity index (χ0n) is 15.2. The first kappa shape index (κ1) is 19.9. The minimum absolute atomic E-state index is 0.0111. The lowest BCUT2D eigenvalue weighted by atomic mass is 9.78. The fraction of sp³-hybridized carbons (Fsp3) is 0.588. The maximum absolute atomic E-state index is 12.3. The number of benzene rings is 1. The number of carbonyl (C=O) groups is 1. The average Bonchev–Trinajstić information content (AvgIpc) is 2.52. The molecule has 6 nitrogen and oxygen atoms in total. The highest BCUT2D eigenvalue weighted by Gasteiger charge is 2.31. The predicted molar refractivity (Wildman–Crippen MR) is 101 cm³/mol. The molecule has 0 bridgehead atoms. The van der Waals surface area contributed by atoms with Crippen LogP contribution in [-0.4, -0.2) is 59.9 Å². The van der Waals surface area contributed by atoms with Crippen molar-refractivity contribution in [2.24, 2.45) is 0 Å². The van der Waals surface area contributed by atoms with Gasteiger partial charge >= 0.3 is 13.2 Å². The van der Waals surface area contributed by atoms with Gasteiger partial charge in [0.25, 0.3) is 0 Å². The van der Waals surface area contributed by atoms with Crippen molar-refractivity contribution in [2.45, 2.75) is 45.3 Å². The number of amides is 1. The van der Waals surface area contributed by atoms with Gasteiger partial charge in [0.05, 0.1) is 6.04 Å². The Morgan fingerprint density at radius 2 is 2.08 bits per heavy atom. The fourth-order valence-corrected chi connectivity index (χ4v) is 3.17. The van der Waals surface area contributed by atoms with Crippen LogP contribution in [0.5, 0.6) is 0 Å². The summed E-state index contributed by atoms with van der Waals surface area (Å²) in [6, 6.07) is 5.06. The van der Waals surface area contributed by atoms with Crippen LogP contribution in [0.15, 0.2) is 18.2 Å². The summed E-state index contributed by atoms with van der Waals surface area (Å²) in [6.07, 6.45) is 1.41. The quantitative estimate of drug-likeness (QED) is 0.797. The topological polar surface area (TPSA) is 73.2 Å². The number of carbonyl (C=O) groups excluding carboxylic acids is 1. The number of rotatable bonds is 3. The molecule has 8 heteroatoms. The summed E-state index contributed by atoms with van der Waals surface area (Å²) >= 11 is 5.97. The lowest BCUT2D eigenvalue weighted by Crippen LogP contribution is -2.51. The smallest absolute Gasteiger partial charge is 0.444 e. The number of ether oxygens (including phenoxy) is 1. The lowest BCUT2D eigenvalue weighted by Gasteiger charge is -2.39. The van der Waals surface area contributed by atoms with E-state index >= 15 is 0 Å². The third-order valence-electron chi connectivity index (χ3n) is 4.23. The van der Waals surface area contributed by atoms with Gasteiger partial charge in [-0.2, -0.15) is 0 Å². The number of nitrogens with zero attached hydrogens (tertiary/aromatic N) is 2. The fourth-order valence-electron chi connectivity index (χ4n) is 2.99. The van der Waals surface area contributed by atoms with Gasteiger partial charge in [0.2, 0.25) is 0 Å². The van der Waals surface area contributed by atoms with E-state index in [4.69, 9.17) is 16.3 Å². The molecule has 2 rings (SSSR count). The first-order valence-electron chi connectivity index (χ1n) is 8.45. The molecule has 1 fully saturated rings. The zero-order chi connectivity index (χ0) is 18.8. The Labute approximate surface area is 154 Å². The molecule has 0 aromatic heterocycles. The van der Waals surface area contributed by atoms with Gasteiger partial charge in [0.1, 0.15) is 5.60 Å². The van der Waals surface area contributed by atoms with E-state index < -0.39 is 12.7 Å². The van der Waals surface area contributed by atoms with E-state index in [1.54, 1.807) is 30.1 Å². The number of piperidine rings is 1. The molecule has 0 aliphatic carbocycles. The second-order valence-corrected chi connectivity index (χ2v) is 7.85. The van der Waals surface area contributed by atoms with Gasteiger partial charge in [0, 0.05) is 36.3 Å². The first-order valence-corrected chi connectivity index (χ1v) is 8.82. The van der Waals surface area contributed by atoms with E-state index in [0.29, 0.717) is 17.0 Å². The van der Waals surface area contributed by atoms with E-state index in [2.05, 4.69) is 4.90 Å². The van der Waals surface area contributed by atoms with Crippen LogP contribution < -0.4 is 10.4 Å². The van der Waals surface area contributed by atoms with E-state index in [1.165, 1.54) is 0 Å². The van der Waals surface area contributed by atoms with Gasteiger partial charge < -0.3 is 24.6 Å². The summed E-state index contributed by atoms with van der Waals surface area (Å²) in [7, 11) is 0.143. The minimum atomic E-state index is -1.60. The third kappa shape index (κ3) is 5.27. The van der Waals surface area contributed by atoms with E-state index in [0.717, 1.165) is 25.1 Å². The van der Waals surface area contributed by atoms with Crippen LogP contribution in [-0.2, 0) is 4.74 Å². The Bertz CT molecular complexity index is 621. The molecular formula is C17H26BClN2O4. The number of hydrogen-bond acceptors (Lipinski definition) is 5. The normalized spacial score (nSPS) is 18.0. The maximum atomic E-state index is 12.3. The molecular weight excluding hydrogens is 342 g/mol. The molecule has 138 valence electrons. The highest BCUT2D eigenvalue weighted by Crippen LogP contribution is 2.23. The van der Waals surface area contributed by atoms with Gasteiger partial charge in [-0.1, -0.05) is 11.6 Å². The largest absolute Gasteiger partial charge is 0.490 e. The number of halogens is 1. The van der Waals surface area contributed by atoms with Crippen LogP contribution in [0.3, 0.4) is 0 Å². The summed E-state index contributed by atoms with van der Waals surface area (Å²) in [5.41, 5.74) is 0.555. The Kier molecular flexibility index (Phi) is 6.24. The second kappa shape index (κ2) is 7.85. The summed E-state index contributed by atoms with van der Waals surface area (Å²) in [6.45, 7) is 6.90. The number of hydrogen-bond donors (Lipinski definition) is 2. The van der Waals surface area contributed by atoms with E-state index in [-0.39, 0.29) is 12.1 Å². The van der Waals surface area contributed by atoms with Gasteiger partial charge in [-0.05, 0) is 51.8 Å². The Morgan fingerprint density at radius 3 is 2.68 bits per heavy atom. The van der Waals surface area contributed by atoms with Crippen molar-refractivity contribution in [1.29, 1.82) is 0 Å². The minimum Gasteiger partial charge on any atom is -0.444 e. The summed E-state index contributed by atoms with van der Waals surface area (Å²) < 4.78 is 5.44. The van der Waals surface area contributed by atoms with Crippen molar-refractivity contribution in [3.8, 4) is 0 Å². The van der Waals surface area contributed by atoms with Gasteiger partial charge in [0.15, 0.2) is 0 Å². The molecule has 2 N–H and O–H groups in total. The Hall–Kier alpha value is -1.44. The highest BCUT2D eigenvalue weighted by atomic mass is 35.5. The number of likely N-dealkylation sites (N-methyl/N-ethyl adjacent to an activating group) is 1. The Balaban J connectivity index is 2.15. The van der Waals surface area contributed by atoms with Crippen LogP contribution in [0.4, 0.5) is 10.5 Å².